The van der Waals surface area contributed by atoms with E-state index in [2.05, 4.69) is 52.3 Å². The summed E-state index contributed by atoms with van der Waals surface area (Å²) in [5.74, 6) is 0.898. The molecule has 0 N–H and O–H groups in total. The highest BCUT2D eigenvalue weighted by Gasteiger charge is 2.17. The minimum Gasteiger partial charge on any atom is -0.369 e. The zero-order chi connectivity index (χ0) is 21.2. The summed E-state index contributed by atoms with van der Waals surface area (Å²) in [5.41, 5.74) is 2.28. The second-order valence-electron chi connectivity index (χ2n) is 8.29. The Labute approximate surface area is 186 Å². The summed E-state index contributed by atoms with van der Waals surface area (Å²) >= 11 is 1.55. The molecule has 0 unspecified atom stereocenters. The largest absolute Gasteiger partial charge is 0.369 e. The van der Waals surface area contributed by atoms with Gasteiger partial charge in [-0.25, -0.2) is 4.98 Å². The number of hydrogen-bond acceptors (Lipinski definition) is 5. The molecule has 0 atom stereocenters. The highest BCUT2D eigenvalue weighted by molar-refractivity contribution is 7.25. The van der Waals surface area contributed by atoms with E-state index in [1.807, 2.05) is 19.2 Å². The molecule has 4 aromatic rings. The van der Waals surface area contributed by atoms with Crippen molar-refractivity contribution >= 4 is 37.3 Å². The van der Waals surface area contributed by atoms with Crippen molar-refractivity contribution in [2.75, 3.05) is 37.6 Å². The molecule has 5 nitrogen and oxygen atoms in total. The first kappa shape index (κ1) is 20.2. The van der Waals surface area contributed by atoms with Crippen molar-refractivity contribution in [3.63, 3.8) is 0 Å². The monoisotopic (exact) mass is 432 g/mol. The van der Waals surface area contributed by atoms with Crippen molar-refractivity contribution < 1.29 is 0 Å². The highest BCUT2D eigenvalue weighted by atomic mass is 32.1. The lowest BCUT2D eigenvalue weighted by Crippen LogP contribution is -2.46. The van der Waals surface area contributed by atoms with Crippen LogP contribution in [-0.4, -0.2) is 47.2 Å². The van der Waals surface area contributed by atoms with Crippen LogP contribution < -0.4 is 10.5 Å². The van der Waals surface area contributed by atoms with Gasteiger partial charge in [-0.1, -0.05) is 36.4 Å². The predicted octanol–water partition coefficient (Wildman–Crippen LogP) is 4.29. The van der Waals surface area contributed by atoms with Crippen molar-refractivity contribution in [2.45, 2.75) is 19.3 Å². The Morgan fingerprint density at radius 3 is 2.48 bits per heavy atom. The van der Waals surface area contributed by atoms with Gasteiger partial charge >= 0.3 is 0 Å². The van der Waals surface area contributed by atoms with Gasteiger partial charge < -0.3 is 4.90 Å². The maximum atomic E-state index is 12.9. The Balaban J connectivity index is 1.18. The molecule has 1 aliphatic rings. The number of aryl methyl sites for hydroxylation is 1. The zero-order valence-corrected chi connectivity index (χ0v) is 18.8. The lowest BCUT2D eigenvalue weighted by Gasteiger charge is -2.36. The predicted molar refractivity (Wildman–Crippen MR) is 130 cm³/mol. The topological polar surface area (TPSA) is 41.4 Å². The molecule has 3 heterocycles. The number of rotatable bonds is 6. The lowest BCUT2D eigenvalue weighted by atomic mass is 10.2. The minimum atomic E-state index is 0.0817. The van der Waals surface area contributed by atoms with Crippen LogP contribution in [0.25, 0.3) is 20.3 Å². The van der Waals surface area contributed by atoms with Gasteiger partial charge in [-0.3, -0.25) is 14.3 Å². The Morgan fingerprint density at radius 1 is 0.935 bits per heavy atom. The normalized spacial score (nSPS) is 15.2. The third-order valence-electron chi connectivity index (χ3n) is 6.31. The average molecular weight is 433 g/mol. The third-order valence-corrected chi connectivity index (χ3v) is 7.46. The van der Waals surface area contributed by atoms with Crippen molar-refractivity contribution in [3.05, 3.63) is 70.8 Å². The molecule has 31 heavy (non-hydrogen) atoms. The molecule has 1 fully saturated rings. The van der Waals surface area contributed by atoms with Crippen molar-refractivity contribution in [1.82, 2.24) is 14.5 Å². The number of thiophene rings is 1. The number of piperazine rings is 1. The van der Waals surface area contributed by atoms with Crippen LogP contribution in [0, 0.1) is 0 Å². The number of benzene rings is 2. The number of hydrogen-bond donors (Lipinski definition) is 0. The first-order valence-corrected chi connectivity index (χ1v) is 11.9. The molecule has 1 saturated heterocycles. The summed E-state index contributed by atoms with van der Waals surface area (Å²) in [6, 6.07) is 18.9. The van der Waals surface area contributed by atoms with Crippen LogP contribution in [-0.2, 0) is 13.5 Å². The Kier molecular flexibility index (Phi) is 5.74. The fourth-order valence-corrected chi connectivity index (χ4v) is 5.59. The molecular formula is C25H28N4OS. The second-order valence-corrected chi connectivity index (χ2v) is 9.34. The summed E-state index contributed by atoms with van der Waals surface area (Å²) in [6.07, 6.45) is 3.02. The van der Waals surface area contributed by atoms with Gasteiger partial charge in [0.1, 0.15) is 10.5 Å². The molecule has 160 valence electrons. The van der Waals surface area contributed by atoms with E-state index in [9.17, 15) is 4.79 Å². The van der Waals surface area contributed by atoms with Crippen LogP contribution in [0.15, 0.2) is 59.4 Å². The molecule has 0 saturated carbocycles. The van der Waals surface area contributed by atoms with Crippen molar-refractivity contribution in [1.29, 1.82) is 0 Å². The zero-order valence-electron chi connectivity index (χ0n) is 18.0. The van der Waals surface area contributed by atoms with Gasteiger partial charge in [0.05, 0.1) is 5.52 Å². The quantitative estimate of drug-likeness (QED) is 0.426. The molecule has 6 heteroatoms. The Bertz CT molecular complexity index is 1240. The minimum absolute atomic E-state index is 0.0817. The smallest absolute Gasteiger partial charge is 0.271 e. The van der Waals surface area contributed by atoms with Crippen LogP contribution in [0.2, 0.25) is 0 Å². The van der Waals surface area contributed by atoms with E-state index in [0.29, 0.717) is 0 Å². The van der Waals surface area contributed by atoms with E-state index >= 15 is 0 Å². The summed E-state index contributed by atoms with van der Waals surface area (Å²) < 4.78 is 3.65. The van der Waals surface area contributed by atoms with E-state index < -0.39 is 0 Å². The third kappa shape index (κ3) is 4.10. The fraction of sp³-hybridized carbons (Fsp3) is 0.360. The van der Waals surface area contributed by atoms with Gasteiger partial charge in [-0.05, 0) is 37.6 Å². The fourth-order valence-electron chi connectivity index (χ4n) is 4.47. The maximum Gasteiger partial charge on any atom is 0.271 e. The molecule has 5 rings (SSSR count). The maximum absolute atomic E-state index is 12.9. The Morgan fingerprint density at radius 2 is 1.68 bits per heavy atom. The van der Waals surface area contributed by atoms with Crippen LogP contribution in [0.1, 0.15) is 18.7 Å². The Hall–Kier alpha value is -2.70. The molecule has 1 aliphatic heterocycles. The second kappa shape index (κ2) is 8.81. The van der Waals surface area contributed by atoms with Gasteiger partial charge in [0.2, 0.25) is 0 Å². The number of para-hydroxylation sites is 1. The number of aromatic nitrogens is 2. The van der Waals surface area contributed by atoms with Crippen LogP contribution >= 0.6 is 11.3 Å². The molecular weight excluding hydrogens is 404 g/mol. The van der Waals surface area contributed by atoms with Crippen LogP contribution in [0.4, 0.5) is 5.69 Å². The first-order chi connectivity index (χ1) is 15.2. The molecule has 2 aromatic heterocycles. The SMILES string of the molecule is Cn1c(CCCCN2CCN(c3ccccc3)CC2)nc2c(sc3ccccc32)c1=O. The summed E-state index contributed by atoms with van der Waals surface area (Å²) in [6.45, 7) is 5.50. The van der Waals surface area contributed by atoms with Gasteiger partial charge in [0.25, 0.3) is 5.56 Å². The molecule has 0 amide bonds. The van der Waals surface area contributed by atoms with Gasteiger partial charge in [0, 0.05) is 55.4 Å². The molecule has 0 aliphatic carbocycles. The molecule has 2 aromatic carbocycles. The summed E-state index contributed by atoms with van der Waals surface area (Å²) in [5, 5.41) is 1.10. The lowest BCUT2D eigenvalue weighted by molar-refractivity contribution is 0.252. The van der Waals surface area contributed by atoms with E-state index in [4.69, 9.17) is 4.98 Å². The van der Waals surface area contributed by atoms with E-state index in [1.165, 1.54) is 5.69 Å². The van der Waals surface area contributed by atoms with Crippen molar-refractivity contribution in [2.24, 2.45) is 7.05 Å². The molecule has 0 radical (unpaired) electrons. The standard InChI is InChI=1S/C25H28N4OS/c1-27-22(26-23-20-11-5-6-12-21(20)31-24(23)25(27)30)13-7-8-14-28-15-17-29(18-16-28)19-9-3-2-4-10-19/h2-6,9-12H,7-8,13-18H2,1H3. The number of anilines is 1. The molecule has 0 bridgehead atoms. The molecule has 0 spiro atoms. The van der Waals surface area contributed by atoms with E-state index in [1.54, 1.807) is 15.9 Å². The number of fused-ring (bicyclic) bond motifs is 3. The first-order valence-electron chi connectivity index (χ1n) is 11.1. The number of unbranched alkanes of at least 4 members (excludes halogenated alkanes) is 1. The van der Waals surface area contributed by atoms with E-state index in [-0.39, 0.29) is 5.56 Å². The van der Waals surface area contributed by atoms with Gasteiger partial charge in [0.15, 0.2) is 0 Å². The summed E-state index contributed by atoms with van der Waals surface area (Å²) in [4.78, 5) is 22.8. The van der Waals surface area contributed by atoms with Crippen LogP contribution in [0.3, 0.4) is 0 Å². The van der Waals surface area contributed by atoms with E-state index in [0.717, 1.165) is 78.1 Å². The summed E-state index contributed by atoms with van der Waals surface area (Å²) in [7, 11) is 1.86. The highest BCUT2D eigenvalue weighted by Crippen LogP contribution is 2.30. The van der Waals surface area contributed by atoms with Crippen LogP contribution in [0.5, 0.6) is 0 Å². The van der Waals surface area contributed by atoms with Crippen molar-refractivity contribution in [3.8, 4) is 0 Å². The van der Waals surface area contributed by atoms with Gasteiger partial charge in [-0.2, -0.15) is 0 Å². The average Bonchev–Trinajstić information content (AvgIpc) is 3.19. The number of nitrogens with zero attached hydrogens (tertiary/aromatic N) is 4. The van der Waals surface area contributed by atoms with Gasteiger partial charge in [-0.15, -0.1) is 11.3 Å².